The van der Waals surface area contributed by atoms with Crippen molar-refractivity contribution in [2.24, 2.45) is 0 Å². The highest BCUT2D eigenvalue weighted by Crippen LogP contribution is 2.47. The summed E-state index contributed by atoms with van der Waals surface area (Å²) >= 11 is 3.74. The van der Waals surface area contributed by atoms with Crippen LogP contribution in [0.3, 0.4) is 0 Å². The molecule has 2 aromatic heterocycles. The maximum atomic E-state index is 2.31. The van der Waals surface area contributed by atoms with E-state index < -0.39 is 0 Å². The van der Waals surface area contributed by atoms with E-state index in [-0.39, 0.29) is 0 Å². The molecule has 0 atom stereocenters. The SMILES string of the molecule is Cc1ccc(-c2sc(-c3csc4ccccc34)c3ccccc23)cc1. The largest absolute Gasteiger partial charge is 0.143 e. The quantitative estimate of drug-likeness (QED) is 0.303. The Morgan fingerprint density at radius 3 is 2.04 bits per heavy atom. The summed E-state index contributed by atoms with van der Waals surface area (Å²) in [6.07, 6.45) is 0. The number of hydrogen-bond donors (Lipinski definition) is 0. The van der Waals surface area contributed by atoms with Crippen LogP contribution in [0, 0.1) is 6.92 Å². The summed E-state index contributed by atoms with van der Waals surface area (Å²) in [5.74, 6) is 0. The fourth-order valence-corrected chi connectivity index (χ4v) is 5.70. The van der Waals surface area contributed by atoms with Gasteiger partial charge in [-0.2, -0.15) is 0 Å². The molecule has 25 heavy (non-hydrogen) atoms. The molecule has 0 amide bonds. The second-order valence-corrected chi connectivity index (χ2v) is 8.25. The predicted octanol–water partition coefficient (Wildman–Crippen LogP) is 7.76. The molecule has 0 unspecified atom stereocenters. The van der Waals surface area contributed by atoms with Crippen LogP contribution < -0.4 is 0 Å². The normalized spacial score (nSPS) is 11.4. The minimum atomic E-state index is 1.30. The number of rotatable bonds is 2. The molecule has 0 saturated carbocycles. The zero-order valence-corrected chi connectivity index (χ0v) is 15.5. The van der Waals surface area contributed by atoms with Crippen LogP contribution in [-0.4, -0.2) is 0 Å². The van der Waals surface area contributed by atoms with Gasteiger partial charge >= 0.3 is 0 Å². The summed E-state index contributed by atoms with van der Waals surface area (Å²) in [7, 11) is 0. The lowest BCUT2D eigenvalue weighted by atomic mass is 10.0. The molecule has 3 aromatic carbocycles. The lowest BCUT2D eigenvalue weighted by Crippen LogP contribution is -1.75. The lowest BCUT2D eigenvalue weighted by molar-refractivity contribution is 1.48. The van der Waals surface area contributed by atoms with Gasteiger partial charge in [0.2, 0.25) is 0 Å². The second kappa shape index (κ2) is 5.83. The highest BCUT2D eigenvalue weighted by Gasteiger charge is 2.16. The van der Waals surface area contributed by atoms with Crippen molar-refractivity contribution >= 4 is 43.5 Å². The summed E-state index contributed by atoms with van der Waals surface area (Å²) in [6.45, 7) is 2.14. The van der Waals surface area contributed by atoms with E-state index in [9.17, 15) is 0 Å². The van der Waals surface area contributed by atoms with E-state index in [1.165, 1.54) is 47.3 Å². The average molecular weight is 357 g/mol. The third-order valence-corrected chi connectivity index (χ3v) is 6.93. The van der Waals surface area contributed by atoms with Crippen molar-refractivity contribution in [2.75, 3.05) is 0 Å². The van der Waals surface area contributed by atoms with Crippen molar-refractivity contribution in [1.29, 1.82) is 0 Å². The molecule has 0 aliphatic carbocycles. The number of benzene rings is 3. The molecule has 0 radical (unpaired) electrons. The molecule has 120 valence electrons. The molecular formula is C23H16S2. The van der Waals surface area contributed by atoms with Gasteiger partial charge in [-0.1, -0.05) is 72.3 Å². The Morgan fingerprint density at radius 1 is 0.640 bits per heavy atom. The molecule has 2 heteroatoms. The topological polar surface area (TPSA) is 0 Å². The van der Waals surface area contributed by atoms with Crippen LogP contribution in [0.25, 0.3) is 41.7 Å². The third kappa shape index (κ3) is 2.41. The van der Waals surface area contributed by atoms with Gasteiger partial charge in [-0.05, 0) is 18.6 Å². The molecule has 0 bridgehead atoms. The second-order valence-electron chi connectivity index (χ2n) is 6.32. The highest BCUT2D eigenvalue weighted by molar-refractivity contribution is 7.22. The van der Waals surface area contributed by atoms with Crippen LogP contribution >= 0.6 is 22.7 Å². The third-order valence-electron chi connectivity index (χ3n) is 4.66. The minimum Gasteiger partial charge on any atom is -0.143 e. The summed E-state index contributed by atoms with van der Waals surface area (Å²) < 4.78 is 1.35. The van der Waals surface area contributed by atoms with Gasteiger partial charge in [-0.15, -0.1) is 22.7 Å². The molecule has 0 spiro atoms. The Hall–Kier alpha value is -2.42. The Labute approximate surface area is 155 Å². The van der Waals surface area contributed by atoms with Crippen LogP contribution in [0.4, 0.5) is 0 Å². The van der Waals surface area contributed by atoms with Crippen LogP contribution in [0.1, 0.15) is 5.56 Å². The van der Waals surface area contributed by atoms with E-state index in [0.29, 0.717) is 0 Å². The fourth-order valence-electron chi connectivity index (χ4n) is 3.36. The van der Waals surface area contributed by atoms with Crippen molar-refractivity contribution in [3.63, 3.8) is 0 Å². The zero-order chi connectivity index (χ0) is 16.8. The standard InChI is InChI=1S/C23H16S2/c1-15-10-12-16(13-11-15)22-18-7-2-3-8-19(18)23(25-22)20-14-24-21-9-5-4-6-17(20)21/h2-14H,1H3. The van der Waals surface area contributed by atoms with Crippen LogP contribution in [0.5, 0.6) is 0 Å². The average Bonchev–Trinajstić information content (AvgIpc) is 3.24. The van der Waals surface area contributed by atoms with Gasteiger partial charge in [-0.3, -0.25) is 0 Å². The van der Waals surface area contributed by atoms with E-state index in [2.05, 4.69) is 85.1 Å². The van der Waals surface area contributed by atoms with E-state index in [1.54, 1.807) is 0 Å². The Balaban J connectivity index is 1.81. The lowest BCUT2D eigenvalue weighted by Gasteiger charge is -1.99. The van der Waals surface area contributed by atoms with Gasteiger partial charge in [-0.25, -0.2) is 0 Å². The minimum absolute atomic E-state index is 1.30. The van der Waals surface area contributed by atoms with Crippen molar-refractivity contribution < 1.29 is 0 Å². The molecule has 0 aliphatic rings. The number of aryl methyl sites for hydroxylation is 1. The molecule has 5 rings (SSSR count). The molecular weight excluding hydrogens is 340 g/mol. The van der Waals surface area contributed by atoms with Gasteiger partial charge in [0.25, 0.3) is 0 Å². The summed E-state index contributed by atoms with van der Waals surface area (Å²) in [4.78, 5) is 2.74. The summed E-state index contributed by atoms with van der Waals surface area (Å²) in [5, 5.41) is 6.37. The fraction of sp³-hybridized carbons (Fsp3) is 0.0435. The number of fused-ring (bicyclic) bond motifs is 2. The smallest absolute Gasteiger partial charge is 0.0442 e. The van der Waals surface area contributed by atoms with Gasteiger partial charge in [0.05, 0.1) is 0 Å². The first-order valence-electron chi connectivity index (χ1n) is 8.36. The van der Waals surface area contributed by atoms with E-state index in [0.717, 1.165) is 0 Å². The first kappa shape index (κ1) is 14.9. The molecule has 0 saturated heterocycles. The van der Waals surface area contributed by atoms with Crippen LogP contribution in [0.2, 0.25) is 0 Å². The molecule has 5 aromatic rings. The van der Waals surface area contributed by atoms with Crippen molar-refractivity contribution in [3.8, 4) is 20.9 Å². The van der Waals surface area contributed by atoms with Gasteiger partial charge in [0, 0.05) is 41.6 Å². The van der Waals surface area contributed by atoms with E-state index >= 15 is 0 Å². The monoisotopic (exact) mass is 356 g/mol. The number of hydrogen-bond acceptors (Lipinski definition) is 2. The zero-order valence-electron chi connectivity index (χ0n) is 13.8. The molecule has 0 fully saturated rings. The van der Waals surface area contributed by atoms with Crippen LogP contribution in [-0.2, 0) is 0 Å². The summed E-state index contributed by atoms with van der Waals surface area (Å²) in [5.41, 5.74) is 3.96. The van der Waals surface area contributed by atoms with E-state index in [4.69, 9.17) is 0 Å². The van der Waals surface area contributed by atoms with Crippen molar-refractivity contribution in [1.82, 2.24) is 0 Å². The Morgan fingerprint density at radius 2 is 1.28 bits per heavy atom. The number of thiophene rings is 2. The van der Waals surface area contributed by atoms with Gasteiger partial charge in [0.15, 0.2) is 0 Å². The Kier molecular flexibility index (Phi) is 3.47. The highest BCUT2D eigenvalue weighted by atomic mass is 32.1. The van der Waals surface area contributed by atoms with Crippen LogP contribution in [0.15, 0.2) is 78.2 Å². The maximum Gasteiger partial charge on any atom is 0.0442 e. The summed E-state index contributed by atoms with van der Waals surface area (Å²) in [6, 6.07) is 26.4. The molecule has 0 nitrogen and oxygen atoms in total. The maximum absolute atomic E-state index is 2.31. The van der Waals surface area contributed by atoms with Gasteiger partial charge in [0.1, 0.15) is 0 Å². The molecule has 2 heterocycles. The first-order chi connectivity index (χ1) is 12.3. The van der Waals surface area contributed by atoms with Crippen molar-refractivity contribution in [2.45, 2.75) is 6.92 Å². The molecule has 0 aliphatic heterocycles. The first-order valence-corrected chi connectivity index (χ1v) is 10.1. The molecule has 0 N–H and O–H groups in total. The van der Waals surface area contributed by atoms with Crippen molar-refractivity contribution in [3.05, 3.63) is 83.7 Å². The Bertz CT molecular complexity index is 1190. The van der Waals surface area contributed by atoms with Gasteiger partial charge < -0.3 is 0 Å². The van der Waals surface area contributed by atoms with E-state index in [1.807, 2.05) is 22.7 Å². The predicted molar refractivity (Wildman–Crippen MR) is 113 cm³/mol.